The van der Waals surface area contributed by atoms with Gasteiger partial charge in [0.25, 0.3) is 0 Å². The van der Waals surface area contributed by atoms with Crippen molar-refractivity contribution in [1.29, 1.82) is 0 Å². The third-order valence-corrected chi connectivity index (χ3v) is 5.11. The molecule has 4 nitrogen and oxygen atoms in total. The summed E-state index contributed by atoms with van der Waals surface area (Å²) in [6, 6.07) is 0. The first-order valence-corrected chi connectivity index (χ1v) is 8.80. The number of unbranched alkanes of at least 4 members (excludes halogenated alkanes) is 1. The third kappa shape index (κ3) is 6.35. The van der Waals surface area contributed by atoms with Crippen LogP contribution in [-0.2, 0) is 4.79 Å². The summed E-state index contributed by atoms with van der Waals surface area (Å²) in [5.74, 6) is 1.08. The first-order chi connectivity index (χ1) is 10.1. The van der Waals surface area contributed by atoms with E-state index in [1.54, 1.807) is 0 Å². The molecule has 0 aromatic rings. The van der Waals surface area contributed by atoms with Gasteiger partial charge in [-0.2, -0.15) is 0 Å². The molecule has 4 heteroatoms. The van der Waals surface area contributed by atoms with E-state index in [4.69, 9.17) is 5.11 Å². The van der Waals surface area contributed by atoms with Crippen molar-refractivity contribution in [2.24, 2.45) is 11.8 Å². The minimum Gasteiger partial charge on any atom is -0.481 e. The topological polar surface area (TPSA) is 43.8 Å². The van der Waals surface area contributed by atoms with Gasteiger partial charge in [0.2, 0.25) is 0 Å². The van der Waals surface area contributed by atoms with Crippen LogP contribution in [0.5, 0.6) is 0 Å². The Labute approximate surface area is 129 Å². The van der Waals surface area contributed by atoms with Crippen molar-refractivity contribution in [1.82, 2.24) is 9.80 Å². The van der Waals surface area contributed by atoms with Gasteiger partial charge in [-0.3, -0.25) is 4.79 Å². The van der Waals surface area contributed by atoms with Crippen LogP contribution < -0.4 is 0 Å². The van der Waals surface area contributed by atoms with Crippen LogP contribution in [0.2, 0.25) is 0 Å². The summed E-state index contributed by atoms with van der Waals surface area (Å²) >= 11 is 0. The van der Waals surface area contributed by atoms with Crippen LogP contribution in [0.4, 0.5) is 0 Å². The number of rotatable bonds is 7. The Morgan fingerprint density at radius 1 is 1.10 bits per heavy atom. The van der Waals surface area contributed by atoms with Gasteiger partial charge in [0, 0.05) is 19.5 Å². The fraction of sp³-hybridized carbons (Fsp3) is 0.941. The van der Waals surface area contributed by atoms with E-state index in [9.17, 15) is 4.79 Å². The smallest absolute Gasteiger partial charge is 0.303 e. The van der Waals surface area contributed by atoms with E-state index in [1.807, 2.05) is 0 Å². The summed E-state index contributed by atoms with van der Waals surface area (Å²) in [4.78, 5) is 15.8. The largest absolute Gasteiger partial charge is 0.481 e. The minimum absolute atomic E-state index is 0.323. The van der Waals surface area contributed by atoms with Gasteiger partial charge in [0.15, 0.2) is 0 Å². The Kier molecular flexibility index (Phi) is 6.97. The first-order valence-electron chi connectivity index (χ1n) is 8.80. The number of aliphatic carboxylic acids is 1. The molecular formula is C17H32N2O2. The lowest BCUT2D eigenvalue weighted by Crippen LogP contribution is -2.43. The second-order valence-corrected chi connectivity index (χ2v) is 7.14. The molecule has 0 aliphatic carbocycles. The average molecular weight is 296 g/mol. The molecule has 2 fully saturated rings. The molecule has 0 bridgehead atoms. The second-order valence-electron chi connectivity index (χ2n) is 7.14. The van der Waals surface area contributed by atoms with Crippen LogP contribution in [0.1, 0.15) is 51.9 Å². The molecule has 2 heterocycles. The molecule has 0 aromatic heterocycles. The number of hydrogen-bond donors (Lipinski definition) is 1. The monoisotopic (exact) mass is 296 g/mol. The standard InChI is InChI=1S/C17H32N2O2/c1-15-7-11-19(12-8-15)14-16-5-4-10-18(13-16)9-3-2-6-17(20)21/h15-16H,2-14H2,1H3,(H,20,21). The van der Waals surface area contributed by atoms with Gasteiger partial charge >= 0.3 is 5.97 Å². The predicted molar refractivity (Wildman–Crippen MR) is 85.5 cm³/mol. The zero-order chi connectivity index (χ0) is 15.1. The number of carboxylic acid groups (broad SMARTS) is 1. The molecule has 1 N–H and O–H groups in total. The SMILES string of the molecule is CC1CCN(CC2CCCN(CCCCC(=O)O)C2)CC1. The van der Waals surface area contributed by atoms with Gasteiger partial charge < -0.3 is 14.9 Å². The van der Waals surface area contributed by atoms with E-state index in [0.29, 0.717) is 6.42 Å². The van der Waals surface area contributed by atoms with E-state index in [1.165, 1.54) is 58.4 Å². The summed E-state index contributed by atoms with van der Waals surface area (Å²) in [6.07, 6.45) is 7.59. The number of hydrogen-bond acceptors (Lipinski definition) is 3. The Morgan fingerprint density at radius 3 is 2.57 bits per heavy atom. The quantitative estimate of drug-likeness (QED) is 0.734. The molecule has 0 radical (unpaired) electrons. The third-order valence-electron chi connectivity index (χ3n) is 5.11. The molecule has 2 rings (SSSR count). The second kappa shape index (κ2) is 8.74. The Morgan fingerprint density at radius 2 is 1.86 bits per heavy atom. The van der Waals surface area contributed by atoms with Gasteiger partial charge in [-0.05, 0) is 76.5 Å². The average Bonchev–Trinajstić information content (AvgIpc) is 2.46. The summed E-state index contributed by atoms with van der Waals surface area (Å²) in [7, 11) is 0. The lowest BCUT2D eigenvalue weighted by molar-refractivity contribution is -0.137. The predicted octanol–water partition coefficient (Wildman–Crippen LogP) is 2.69. The molecule has 1 unspecified atom stereocenters. The first kappa shape index (κ1) is 16.8. The van der Waals surface area contributed by atoms with Crippen LogP contribution in [0.3, 0.4) is 0 Å². The van der Waals surface area contributed by atoms with Gasteiger partial charge in [0.05, 0.1) is 0 Å². The zero-order valence-corrected chi connectivity index (χ0v) is 13.6. The summed E-state index contributed by atoms with van der Waals surface area (Å²) in [5, 5.41) is 8.67. The van der Waals surface area contributed by atoms with Gasteiger partial charge in [-0.1, -0.05) is 6.92 Å². The maximum absolute atomic E-state index is 10.5. The number of carboxylic acids is 1. The van der Waals surface area contributed by atoms with E-state index in [0.717, 1.165) is 31.2 Å². The lowest BCUT2D eigenvalue weighted by atomic mass is 9.94. The molecule has 2 aliphatic heterocycles. The van der Waals surface area contributed by atoms with Crippen molar-refractivity contribution in [3.63, 3.8) is 0 Å². The number of piperidine rings is 2. The maximum atomic E-state index is 10.5. The van der Waals surface area contributed by atoms with Crippen LogP contribution in [0.15, 0.2) is 0 Å². The molecule has 2 aliphatic rings. The van der Waals surface area contributed by atoms with Crippen molar-refractivity contribution in [3.8, 4) is 0 Å². The number of nitrogens with zero attached hydrogens (tertiary/aromatic N) is 2. The number of likely N-dealkylation sites (tertiary alicyclic amines) is 2. The zero-order valence-electron chi connectivity index (χ0n) is 13.6. The molecule has 1 atom stereocenters. The highest BCUT2D eigenvalue weighted by atomic mass is 16.4. The van der Waals surface area contributed by atoms with Crippen molar-refractivity contribution in [2.45, 2.75) is 51.9 Å². The van der Waals surface area contributed by atoms with Gasteiger partial charge in [-0.15, -0.1) is 0 Å². The molecular weight excluding hydrogens is 264 g/mol. The summed E-state index contributed by atoms with van der Waals surface area (Å²) in [5.41, 5.74) is 0. The van der Waals surface area contributed by atoms with Crippen LogP contribution in [0.25, 0.3) is 0 Å². The van der Waals surface area contributed by atoms with Gasteiger partial charge in [-0.25, -0.2) is 0 Å². The van der Waals surface area contributed by atoms with E-state index < -0.39 is 5.97 Å². The normalized spacial score (nSPS) is 26.0. The van der Waals surface area contributed by atoms with E-state index in [-0.39, 0.29) is 0 Å². The molecule has 21 heavy (non-hydrogen) atoms. The Bertz CT molecular complexity index is 314. The Balaban J connectivity index is 1.62. The van der Waals surface area contributed by atoms with Crippen LogP contribution >= 0.6 is 0 Å². The highest BCUT2D eigenvalue weighted by Crippen LogP contribution is 2.22. The summed E-state index contributed by atoms with van der Waals surface area (Å²) in [6.45, 7) is 9.74. The minimum atomic E-state index is -0.661. The molecule has 0 spiro atoms. The number of carbonyl (C=O) groups is 1. The Hall–Kier alpha value is -0.610. The fourth-order valence-corrected chi connectivity index (χ4v) is 3.72. The lowest BCUT2D eigenvalue weighted by Gasteiger charge is -2.37. The van der Waals surface area contributed by atoms with E-state index in [2.05, 4.69) is 16.7 Å². The maximum Gasteiger partial charge on any atom is 0.303 e. The highest BCUT2D eigenvalue weighted by Gasteiger charge is 2.23. The van der Waals surface area contributed by atoms with Crippen molar-refractivity contribution in [2.75, 3.05) is 39.3 Å². The molecule has 0 saturated carbocycles. The van der Waals surface area contributed by atoms with Crippen LogP contribution in [0, 0.1) is 11.8 Å². The van der Waals surface area contributed by atoms with Crippen molar-refractivity contribution in [3.05, 3.63) is 0 Å². The molecule has 0 aromatic carbocycles. The fourth-order valence-electron chi connectivity index (χ4n) is 3.72. The van der Waals surface area contributed by atoms with Gasteiger partial charge in [0.1, 0.15) is 0 Å². The molecule has 122 valence electrons. The van der Waals surface area contributed by atoms with Crippen molar-refractivity contribution < 1.29 is 9.90 Å². The summed E-state index contributed by atoms with van der Waals surface area (Å²) < 4.78 is 0. The van der Waals surface area contributed by atoms with E-state index >= 15 is 0 Å². The highest BCUT2D eigenvalue weighted by molar-refractivity contribution is 5.66. The molecule has 2 saturated heterocycles. The molecule has 0 amide bonds. The van der Waals surface area contributed by atoms with Crippen molar-refractivity contribution >= 4 is 5.97 Å². The van der Waals surface area contributed by atoms with Crippen LogP contribution in [-0.4, -0.2) is 60.1 Å².